The Morgan fingerprint density at radius 1 is 1.20 bits per heavy atom. The lowest BCUT2D eigenvalue weighted by Crippen LogP contribution is -2.56. The van der Waals surface area contributed by atoms with E-state index in [0.29, 0.717) is 19.4 Å². The van der Waals surface area contributed by atoms with Gasteiger partial charge in [-0.25, -0.2) is 4.79 Å². The third kappa shape index (κ3) is 4.71. The van der Waals surface area contributed by atoms with Gasteiger partial charge in [0.05, 0.1) is 5.92 Å². The molecule has 0 bridgehead atoms. The van der Waals surface area contributed by atoms with E-state index in [4.69, 9.17) is 10.8 Å². The molecule has 1 rings (SSSR count). The minimum absolute atomic E-state index is 0.256. The van der Waals surface area contributed by atoms with Gasteiger partial charge in [-0.05, 0) is 45.4 Å². The van der Waals surface area contributed by atoms with Crippen molar-refractivity contribution in [3.63, 3.8) is 0 Å². The van der Waals surface area contributed by atoms with Crippen molar-refractivity contribution in [1.29, 1.82) is 0 Å². The number of primary amides is 1. The fourth-order valence-corrected chi connectivity index (χ4v) is 2.24. The van der Waals surface area contributed by atoms with Gasteiger partial charge in [-0.3, -0.25) is 9.59 Å². The van der Waals surface area contributed by atoms with Gasteiger partial charge in [-0.15, -0.1) is 0 Å². The van der Waals surface area contributed by atoms with Crippen LogP contribution in [0.25, 0.3) is 0 Å². The van der Waals surface area contributed by atoms with Crippen molar-refractivity contribution in [2.75, 3.05) is 6.54 Å². The Hall–Kier alpha value is -1.79. The second kappa shape index (κ2) is 6.58. The maximum Gasteiger partial charge on any atom is 0.315 e. The van der Waals surface area contributed by atoms with Crippen LogP contribution in [0.5, 0.6) is 0 Å². The van der Waals surface area contributed by atoms with Crippen LogP contribution in [0.4, 0.5) is 4.79 Å². The van der Waals surface area contributed by atoms with Gasteiger partial charge in [0, 0.05) is 6.54 Å². The average molecular weight is 285 g/mol. The molecule has 1 saturated carbocycles. The fraction of sp³-hybridized carbons (Fsp3) is 0.769. The van der Waals surface area contributed by atoms with E-state index in [0.717, 1.165) is 12.8 Å². The number of urea groups is 1. The van der Waals surface area contributed by atoms with Crippen LogP contribution in [0.2, 0.25) is 0 Å². The SMILES string of the molecule is CC(C)(NC(=O)NCC1CCC(C(=O)O)CC1)C(N)=O. The van der Waals surface area contributed by atoms with Crippen LogP contribution in [0.15, 0.2) is 0 Å². The summed E-state index contributed by atoms with van der Waals surface area (Å²) in [5.41, 5.74) is 4.07. The molecule has 1 aliphatic carbocycles. The number of nitrogens with two attached hydrogens (primary N) is 1. The summed E-state index contributed by atoms with van der Waals surface area (Å²) < 4.78 is 0. The lowest BCUT2D eigenvalue weighted by atomic mass is 9.82. The van der Waals surface area contributed by atoms with Crippen molar-refractivity contribution in [2.24, 2.45) is 17.6 Å². The van der Waals surface area contributed by atoms with Crippen LogP contribution in [-0.4, -0.2) is 35.1 Å². The van der Waals surface area contributed by atoms with Crippen LogP contribution in [0, 0.1) is 11.8 Å². The largest absolute Gasteiger partial charge is 0.481 e. The molecule has 0 unspecified atom stereocenters. The molecule has 0 aromatic rings. The highest BCUT2D eigenvalue weighted by atomic mass is 16.4. The third-order valence-electron chi connectivity index (χ3n) is 3.79. The molecular formula is C13H23N3O4. The van der Waals surface area contributed by atoms with Gasteiger partial charge in [0.1, 0.15) is 5.54 Å². The molecule has 20 heavy (non-hydrogen) atoms. The Morgan fingerprint density at radius 3 is 2.20 bits per heavy atom. The van der Waals surface area contributed by atoms with Gasteiger partial charge in [-0.2, -0.15) is 0 Å². The first-order valence-electron chi connectivity index (χ1n) is 6.81. The Labute approximate surface area is 118 Å². The van der Waals surface area contributed by atoms with E-state index >= 15 is 0 Å². The summed E-state index contributed by atoms with van der Waals surface area (Å²) in [5.74, 6) is -1.31. The standard InChI is InChI=1S/C13H23N3O4/c1-13(2,11(14)19)16-12(20)15-7-8-3-5-9(6-4-8)10(17)18/h8-9H,3-7H2,1-2H3,(H2,14,19)(H,17,18)(H2,15,16,20). The summed E-state index contributed by atoms with van der Waals surface area (Å²) >= 11 is 0. The van der Waals surface area contributed by atoms with E-state index in [2.05, 4.69) is 10.6 Å². The minimum atomic E-state index is -1.09. The van der Waals surface area contributed by atoms with Gasteiger partial charge in [0.25, 0.3) is 0 Å². The van der Waals surface area contributed by atoms with Crippen LogP contribution in [0.3, 0.4) is 0 Å². The predicted molar refractivity (Wildman–Crippen MR) is 72.9 cm³/mol. The zero-order valence-electron chi connectivity index (χ0n) is 11.9. The number of carboxylic acids is 1. The highest BCUT2D eigenvalue weighted by Crippen LogP contribution is 2.28. The molecule has 0 aromatic heterocycles. The molecular weight excluding hydrogens is 262 g/mol. The molecule has 0 radical (unpaired) electrons. The molecule has 7 nitrogen and oxygen atoms in total. The van der Waals surface area contributed by atoms with Crippen molar-refractivity contribution < 1.29 is 19.5 Å². The molecule has 1 fully saturated rings. The fourth-order valence-electron chi connectivity index (χ4n) is 2.24. The molecule has 0 aliphatic heterocycles. The van der Waals surface area contributed by atoms with E-state index in [9.17, 15) is 14.4 Å². The van der Waals surface area contributed by atoms with E-state index < -0.39 is 23.4 Å². The number of hydrogen-bond donors (Lipinski definition) is 4. The Kier molecular flexibility index (Phi) is 5.35. The van der Waals surface area contributed by atoms with Crippen molar-refractivity contribution in [1.82, 2.24) is 10.6 Å². The summed E-state index contributed by atoms with van der Waals surface area (Å²) in [7, 11) is 0. The predicted octanol–water partition coefficient (Wildman–Crippen LogP) is 0.441. The minimum Gasteiger partial charge on any atom is -0.481 e. The van der Waals surface area contributed by atoms with Crippen LogP contribution < -0.4 is 16.4 Å². The van der Waals surface area contributed by atoms with E-state index in [-0.39, 0.29) is 11.8 Å². The first-order chi connectivity index (χ1) is 9.22. The number of carbonyl (C=O) groups is 3. The second-order valence-corrected chi connectivity index (χ2v) is 5.88. The molecule has 0 saturated heterocycles. The number of carbonyl (C=O) groups excluding carboxylic acids is 2. The molecule has 0 atom stereocenters. The van der Waals surface area contributed by atoms with Gasteiger partial charge >= 0.3 is 12.0 Å². The third-order valence-corrected chi connectivity index (χ3v) is 3.79. The van der Waals surface area contributed by atoms with Crippen LogP contribution >= 0.6 is 0 Å². The molecule has 5 N–H and O–H groups in total. The molecule has 0 spiro atoms. The summed E-state index contributed by atoms with van der Waals surface area (Å²) in [6.07, 6.45) is 2.87. The zero-order valence-corrected chi connectivity index (χ0v) is 11.9. The maximum absolute atomic E-state index is 11.7. The summed E-state index contributed by atoms with van der Waals surface area (Å²) in [6.45, 7) is 3.55. The normalized spacial score (nSPS) is 22.9. The van der Waals surface area contributed by atoms with E-state index in [1.807, 2.05) is 0 Å². The Balaban J connectivity index is 2.29. The van der Waals surface area contributed by atoms with Gasteiger partial charge in [0.2, 0.25) is 5.91 Å². The van der Waals surface area contributed by atoms with Gasteiger partial charge in [-0.1, -0.05) is 0 Å². The lowest BCUT2D eigenvalue weighted by Gasteiger charge is -2.27. The van der Waals surface area contributed by atoms with Crippen molar-refractivity contribution in [2.45, 2.75) is 45.1 Å². The molecule has 114 valence electrons. The smallest absolute Gasteiger partial charge is 0.315 e. The van der Waals surface area contributed by atoms with Crippen molar-refractivity contribution in [3.05, 3.63) is 0 Å². The Morgan fingerprint density at radius 2 is 1.75 bits per heavy atom. The highest BCUT2D eigenvalue weighted by molar-refractivity contribution is 5.89. The van der Waals surface area contributed by atoms with Crippen LogP contribution in [-0.2, 0) is 9.59 Å². The van der Waals surface area contributed by atoms with E-state index in [1.54, 1.807) is 0 Å². The Bertz CT molecular complexity index is 387. The van der Waals surface area contributed by atoms with Crippen molar-refractivity contribution >= 4 is 17.9 Å². The average Bonchev–Trinajstić information content (AvgIpc) is 2.36. The zero-order chi connectivity index (χ0) is 15.3. The monoisotopic (exact) mass is 285 g/mol. The van der Waals surface area contributed by atoms with Gasteiger partial charge < -0.3 is 21.5 Å². The molecule has 0 aromatic carbocycles. The number of hydrogen-bond acceptors (Lipinski definition) is 3. The van der Waals surface area contributed by atoms with Crippen LogP contribution in [0.1, 0.15) is 39.5 Å². The maximum atomic E-state index is 11.7. The second-order valence-electron chi connectivity index (χ2n) is 5.88. The number of rotatable bonds is 5. The quantitative estimate of drug-likeness (QED) is 0.585. The summed E-state index contributed by atoms with van der Waals surface area (Å²) in [5, 5.41) is 14.1. The van der Waals surface area contributed by atoms with Gasteiger partial charge in [0.15, 0.2) is 0 Å². The van der Waals surface area contributed by atoms with E-state index in [1.165, 1.54) is 13.8 Å². The number of nitrogens with one attached hydrogen (secondary N) is 2. The first-order valence-corrected chi connectivity index (χ1v) is 6.81. The van der Waals surface area contributed by atoms with Crippen molar-refractivity contribution in [3.8, 4) is 0 Å². The summed E-state index contributed by atoms with van der Waals surface area (Å²) in [6, 6.07) is -0.436. The molecule has 7 heteroatoms. The highest BCUT2D eigenvalue weighted by Gasteiger charge is 2.28. The summed E-state index contributed by atoms with van der Waals surface area (Å²) in [4.78, 5) is 33.6. The first kappa shape index (κ1) is 16.3. The number of carboxylic acid groups (broad SMARTS) is 1. The topological polar surface area (TPSA) is 122 Å². The number of amides is 3. The molecule has 3 amide bonds. The molecule has 1 aliphatic rings. The number of aliphatic carboxylic acids is 1. The lowest BCUT2D eigenvalue weighted by molar-refractivity contribution is -0.143. The molecule has 0 heterocycles.